The van der Waals surface area contributed by atoms with Crippen molar-refractivity contribution in [1.29, 1.82) is 5.26 Å². The number of esters is 1. The Labute approximate surface area is 169 Å². The molecule has 0 aliphatic carbocycles. The van der Waals surface area contributed by atoms with Crippen LogP contribution >= 0.6 is 45.2 Å². The molecule has 0 heterocycles. The molecule has 2 aromatic rings. The fourth-order valence-electron chi connectivity index (χ4n) is 2.50. The summed E-state index contributed by atoms with van der Waals surface area (Å²) in [6, 6.07) is 18.0. The lowest BCUT2D eigenvalue weighted by Gasteiger charge is -2.25. The van der Waals surface area contributed by atoms with E-state index in [-0.39, 0.29) is 6.61 Å². The maximum atomic E-state index is 12.6. The minimum absolute atomic E-state index is 0.266. The number of ether oxygens (including phenoxy) is 1. The summed E-state index contributed by atoms with van der Waals surface area (Å²) in [5, 5.41) is 9.85. The lowest BCUT2D eigenvalue weighted by molar-refractivity contribution is -0.152. The first-order chi connectivity index (χ1) is 11.5. The number of nitrogens with zero attached hydrogens (tertiary/aromatic N) is 1. The van der Waals surface area contributed by atoms with E-state index in [2.05, 4.69) is 51.3 Å². The molecule has 0 aliphatic rings. The van der Waals surface area contributed by atoms with Crippen molar-refractivity contribution in [3.05, 3.63) is 66.8 Å². The molecule has 0 N–H and O–H groups in total. The van der Waals surface area contributed by atoms with E-state index < -0.39 is 11.4 Å². The van der Waals surface area contributed by atoms with Gasteiger partial charge in [0.25, 0.3) is 0 Å². The maximum Gasteiger partial charge on any atom is 0.327 e. The molecule has 124 valence electrons. The van der Waals surface area contributed by atoms with Gasteiger partial charge in [0, 0.05) is 20.0 Å². The summed E-state index contributed by atoms with van der Waals surface area (Å²) in [4.78, 5) is 12.6. The number of carbonyl (C=O) groups excluding carboxylic acids is 1. The van der Waals surface area contributed by atoms with Gasteiger partial charge in [-0.25, -0.2) is 0 Å². The highest BCUT2D eigenvalue weighted by molar-refractivity contribution is 14.1. The zero-order valence-electron chi connectivity index (χ0n) is 13.3. The molecule has 5 heteroatoms. The molecule has 0 unspecified atom stereocenters. The third-order valence-corrected chi connectivity index (χ3v) is 5.16. The van der Waals surface area contributed by atoms with Gasteiger partial charge in [-0.05, 0) is 87.5 Å². The van der Waals surface area contributed by atoms with E-state index in [0.29, 0.717) is 12.8 Å². The third kappa shape index (κ3) is 4.93. The summed E-state index contributed by atoms with van der Waals surface area (Å²) >= 11 is 4.47. The number of hydrogen-bond donors (Lipinski definition) is 0. The number of carbonyl (C=O) groups is 1. The van der Waals surface area contributed by atoms with Gasteiger partial charge in [0.2, 0.25) is 0 Å². The Hall–Kier alpha value is -1.14. The predicted octanol–water partition coefficient (Wildman–Crippen LogP) is 4.75. The Morgan fingerprint density at radius 1 is 1.00 bits per heavy atom. The largest absolute Gasteiger partial charge is 0.465 e. The van der Waals surface area contributed by atoms with Gasteiger partial charge in [-0.15, -0.1) is 0 Å². The Morgan fingerprint density at radius 3 is 1.75 bits per heavy atom. The summed E-state index contributed by atoms with van der Waals surface area (Å²) < 4.78 is 7.46. The lowest BCUT2D eigenvalue weighted by Crippen LogP contribution is -2.36. The molecule has 2 rings (SSSR count). The van der Waals surface area contributed by atoms with Crippen LogP contribution in [0, 0.1) is 23.9 Å². The summed E-state index contributed by atoms with van der Waals surface area (Å²) in [6.07, 6.45) is 0.677. The molecule has 0 bridgehead atoms. The molecule has 0 saturated carbocycles. The van der Waals surface area contributed by atoms with Gasteiger partial charge in [0.1, 0.15) is 0 Å². The second-order valence-corrected chi connectivity index (χ2v) is 8.01. The number of rotatable bonds is 6. The molecular formula is C19H17I2NO2. The van der Waals surface area contributed by atoms with Gasteiger partial charge in [0.05, 0.1) is 12.7 Å². The highest BCUT2D eigenvalue weighted by Gasteiger charge is 2.40. The molecule has 0 fully saturated rings. The summed E-state index contributed by atoms with van der Waals surface area (Å²) in [5.74, 6) is -0.454. The van der Waals surface area contributed by atoms with E-state index in [1.807, 2.05) is 48.5 Å². The smallest absolute Gasteiger partial charge is 0.327 e. The number of halogens is 2. The standard InChI is InChI=1S/C19H17I2NO2/c1-2-24-18(23)19(13-22,11-14-3-7-16(20)8-4-14)12-15-5-9-17(21)10-6-15/h3-10H,2,11-12H2,1H3. The Balaban J connectivity index is 2.35. The van der Waals surface area contributed by atoms with Crippen LogP contribution in [0.3, 0.4) is 0 Å². The van der Waals surface area contributed by atoms with E-state index in [9.17, 15) is 10.1 Å². The Morgan fingerprint density at radius 2 is 1.42 bits per heavy atom. The minimum atomic E-state index is -1.21. The van der Waals surface area contributed by atoms with Crippen LogP contribution in [0.1, 0.15) is 18.1 Å². The zero-order chi connectivity index (χ0) is 17.6. The van der Waals surface area contributed by atoms with E-state index in [1.165, 1.54) is 0 Å². The Kier molecular flexibility index (Phi) is 7.04. The average molecular weight is 545 g/mol. The first-order valence-electron chi connectivity index (χ1n) is 7.56. The molecule has 0 amide bonds. The quantitative estimate of drug-likeness (QED) is 0.389. The van der Waals surface area contributed by atoms with Crippen molar-refractivity contribution in [2.75, 3.05) is 6.61 Å². The van der Waals surface area contributed by atoms with E-state index >= 15 is 0 Å². The van der Waals surface area contributed by atoms with Gasteiger partial charge < -0.3 is 4.74 Å². The van der Waals surface area contributed by atoms with Crippen LogP contribution in [0.2, 0.25) is 0 Å². The number of nitriles is 1. The lowest BCUT2D eigenvalue weighted by atomic mass is 9.77. The van der Waals surface area contributed by atoms with Crippen molar-refractivity contribution in [2.24, 2.45) is 5.41 Å². The normalized spacial score (nSPS) is 10.9. The maximum absolute atomic E-state index is 12.6. The highest BCUT2D eigenvalue weighted by atomic mass is 127. The van der Waals surface area contributed by atoms with Gasteiger partial charge in [0.15, 0.2) is 5.41 Å². The molecule has 3 nitrogen and oxygen atoms in total. The molecule has 0 radical (unpaired) electrons. The van der Waals surface area contributed by atoms with Gasteiger partial charge in [-0.1, -0.05) is 24.3 Å². The summed E-state index contributed by atoms with van der Waals surface area (Å²) in [7, 11) is 0. The van der Waals surface area contributed by atoms with Crippen LogP contribution in [-0.2, 0) is 22.4 Å². The first-order valence-corrected chi connectivity index (χ1v) is 9.72. The fraction of sp³-hybridized carbons (Fsp3) is 0.263. The second kappa shape index (κ2) is 8.81. The monoisotopic (exact) mass is 545 g/mol. The second-order valence-electron chi connectivity index (χ2n) is 5.52. The van der Waals surface area contributed by atoms with Crippen molar-refractivity contribution in [1.82, 2.24) is 0 Å². The first kappa shape index (κ1) is 19.2. The van der Waals surface area contributed by atoms with Crippen molar-refractivity contribution in [3.63, 3.8) is 0 Å². The van der Waals surface area contributed by atoms with Crippen LogP contribution in [0.4, 0.5) is 0 Å². The molecule has 0 aliphatic heterocycles. The molecule has 24 heavy (non-hydrogen) atoms. The topological polar surface area (TPSA) is 50.1 Å². The fourth-order valence-corrected chi connectivity index (χ4v) is 3.22. The zero-order valence-corrected chi connectivity index (χ0v) is 17.6. The molecule has 0 aromatic heterocycles. The van der Waals surface area contributed by atoms with Crippen molar-refractivity contribution in [3.8, 4) is 6.07 Å². The van der Waals surface area contributed by atoms with Crippen molar-refractivity contribution >= 4 is 51.2 Å². The van der Waals surface area contributed by atoms with Crippen LogP contribution in [0.25, 0.3) is 0 Å². The van der Waals surface area contributed by atoms with E-state index in [1.54, 1.807) is 6.92 Å². The highest BCUT2D eigenvalue weighted by Crippen LogP contribution is 2.30. The molecule has 0 atom stereocenters. The third-order valence-electron chi connectivity index (χ3n) is 3.72. The minimum Gasteiger partial charge on any atom is -0.465 e. The predicted molar refractivity (Wildman–Crippen MR) is 110 cm³/mol. The van der Waals surface area contributed by atoms with Gasteiger partial charge >= 0.3 is 5.97 Å². The van der Waals surface area contributed by atoms with Gasteiger partial charge in [-0.2, -0.15) is 5.26 Å². The Bertz CT molecular complexity index is 686. The van der Waals surface area contributed by atoms with E-state index in [0.717, 1.165) is 18.3 Å². The molecular weight excluding hydrogens is 528 g/mol. The average Bonchev–Trinajstić information content (AvgIpc) is 2.58. The van der Waals surface area contributed by atoms with Crippen LogP contribution in [0.5, 0.6) is 0 Å². The van der Waals surface area contributed by atoms with Crippen molar-refractivity contribution in [2.45, 2.75) is 19.8 Å². The van der Waals surface area contributed by atoms with Gasteiger partial charge in [-0.3, -0.25) is 4.79 Å². The molecule has 0 saturated heterocycles. The van der Waals surface area contributed by atoms with Crippen LogP contribution in [-0.4, -0.2) is 12.6 Å². The van der Waals surface area contributed by atoms with E-state index in [4.69, 9.17) is 4.74 Å². The molecule has 2 aromatic carbocycles. The van der Waals surface area contributed by atoms with Crippen LogP contribution in [0.15, 0.2) is 48.5 Å². The summed E-state index contributed by atoms with van der Waals surface area (Å²) in [6.45, 7) is 2.03. The van der Waals surface area contributed by atoms with Crippen molar-refractivity contribution < 1.29 is 9.53 Å². The molecule has 0 spiro atoms. The SMILES string of the molecule is CCOC(=O)C(C#N)(Cc1ccc(I)cc1)Cc1ccc(I)cc1. The van der Waals surface area contributed by atoms with Crippen LogP contribution < -0.4 is 0 Å². The summed E-state index contributed by atoms with van der Waals surface area (Å²) in [5.41, 5.74) is 0.696. The number of hydrogen-bond acceptors (Lipinski definition) is 3. The number of benzene rings is 2.